The van der Waals surface area contributed by atoms with Gasteiger partial charge in [-0.15, -0.1) is 0 Å². The van der Waals surface area contributed by atoms with E-state index in [0.717, 1.165) is 5.69 Å². The Kier molecular flexibility index (Phi) is 6.71. The third-order valence-corrected chi connectivity index (χ3v) is 6.15. The summed E-state index contributed by atoms with van der Waals surface area (Å²) in [4.78, 5) is 18.2. The van der Waals surface area contributed by atoms with Crippen LogP contribution in [0.25, 0.3) is 5.52 Å². The second-order valence-electron chi connectivity index (χ2n) is 8.27. The van der Waals surface area contributed by atoms with Crippen LogP contribution in [0.5, 0.6) is 5.75 Å². The van der Waals surface area contributed by atoms with Crippen molar-refractivity contribution in [2.24, 2.45) is 0 Å². The average molecular weight is 482 g/mol. The molecular weight excluding hydrogens is 456 g/mol. The second kappa shape index (κ2) is 9.72. The number of rotatable bonds is 5. The molecule has 8 nitrogen and oxygen atoms in total. The Hall–Kier alpha value is -3.97. The highest BCUT2D eigenvalue weighted by atomic mass is 19.1. The maximum atomic E-state index is 14.7. The predicted molar refractivity (Wildman–Crippen MR) is 126 cm³/mol. The first-order valence-corrected chi connectivity index (χ1v) is 10.9. The molecule has 2 N–H and O–H groups in total. The van der Waals surface area contributed by atoms with Crippen molar-refractivity contribution in [2.45, 2.75) is 25.3 Å². The van der Waals surface area contributed by atoms with Gasteiger partial charge in [0.25, 0.3) is 0 Å². The number of anilines is 1. The van der Waals surface area contributed by atoms with Gasteiger partial charge < -0.3 is 20.1 Å². The van der Waals surface area contributed by atoms with E-state index < -0.39 is 17.2 Å². The number of nitrogen functional groups attached to an aromatic ring is 1. The lowest BCUT2D eigenvalue weighted by Gasteiger charge is -2.22. The summed E-state index contributed by atoms with van der Waals surface area (Å²) in [6.45, 7) is 5.88. The Labute approximate surface area is 201 Å². The highest BCUT2D eigenvalue weighted by Crippen LogP contribution is 2.35. The van der Waals surface area contributed by atoms with E-state index in [1.807, 2.05) is 0 Å². The SMILES string of the molecule is C=CC(=O)N1CC(c2cc(C#Cc3c(F)c(C)cc(OC)c3F)c3c(N)ncnn23)C[C@@H]1COC. The number of aromatic nitrogens is 3. The smallest absolute Gasteiger partial charge is 0.246 e. The number of nitrogens with zero attached hydrogens (tertiary/aromatic N) is 4. The van der Waals surface area contributed by atoms with Gasteiger partial charge in [0.15, 0.2) is 17.4 Å². The fourth-order valence-corrected chi connectivity index (χ4v) is 4.48. The molecule has 182 valence electrons. The fourth-order valence-electron chi connectivity index (χ4n) is 4.48. The van der Waals surface area contributed by atoms with Crippen LogP contribution in [0.15, 0.2) is 31.1 Å². The molecule has 3 heterocycles. The van der Waals surface area contributed by atoms with E-state index in [-0.39, 0.29) is 35.0 Å². The summed E-state index contributed by atoms with van der Waals surface area (Å²) in [7, 11) is 2.88. The molecule has 1 aliphatic rings. The second-order valence-corrected chi connectivity index (χ2v) is 8.27. The normalized spacial score (nSPS) is 17.3. The van der Waals surface area contributed by atoms with Crippen molar-refractivity contribution < 1.29 is 23.0 Å². The predicted octanol–water partition coefficient (Wildman–Crippen LogP) is 2.82. The number of amides is 1. The first-order valence-electron chi connectivity index (χ1n) is 10.9. The number of aryl methyl sites for hydroxylation is 1. The van der Waals surface area contributed by atoms with Crippen LogP contribution in [0, 0.1) is 30.4 Å². The van der Waals surface area contributed by atoms with Gasteiger partial charge >= 0.3 is 0 Å². The van der Waals surface area contributed by atoms with Gasteiger partial charge in [-0.2, -0.15) is 5.10 Å². The van der Waals surface area contributed by atoms with Crippen molar-refractivity contribution in [3.63, 3.8) is 0 Å². The Bertz CT molecular complexity index is 1380. The highest BCUT2D eigenvalue weighted by molar-refractivity contribution is 5.87. The van der Waals surface area contributed by atoms with Crippen molar-refractivity contribution in [2.75, 3.05) is 33.1 Å². The number of hydrogen-bond acceptors (Lipinski definition) is 6. The summed E-state index contributed by atoms with van der Waals surface area (Å²) in [6, 6.07) is 2.91. The molecule has 1 aromatic carbocycles. The quantitative estimate of drug-likeness (QED) is 0.445. The molecule has 10 heteroatoms. The first-order chi connectivity index (χ1) is 16.8. The highest BCUT2D eigenvalue weighted by Gasteiger charge is 2.37. The third kappa shape index (κ3) is 4.31. The van der Waals surface area contributed by atoms with Crippen LogP contribution in [0.2, 0.25) is 0 Å². The largest absolute Gasteiger partial charge is 0.494 e. The fraction of sp³-hybridized carbons (Fsp3) is 0.320. The molecule has 0 bridgehead atoms. The minimum absolute atomic E-state index is 0.0967. The third-order valence-electron chi connectivity index (χ3n) is 6.15. The number of carbonyl (C=O) groups excluding carboxylic acids is 1. The van der Waals surface area contributed by atoms with Crippen LogP contribution in [0.4, 0.5) is 14.6 Å². The topological polar surface area (TPSA) is 95.0 Å². The lowest BCUT2D eigenvalue weighted by atomic mass is 10.0. The molecular formula is C25H25F2N5O3. The van der Waals surface area contributed by atoms with Gasteiger partial charge in [-0.1, -0.05) is 18.4 Å². The number of halogens is 2. The zero-order chi connectivity index (χ0) is 25.3. The number of carbonyl (C=O) groups is 1. The van der Waals surface area contributed by atoms with Gasteiger partial charge in [0.2, 0.25) is 5.91 Å². The summed E-state index contributed by atoms with van der Waals surface area (Å²) < 4.78 is 41.4. The van der Waals surface area contributed by atoms with Crippen LogP contribution < -0.4 is 10.5 Å². The van der Waals surface area contributed by atoms with Gasteiger partial charge in [-0.05, 0) is 37.1 Å². The van der Waals surface area contributed by atoms with Gasteiger partial charge in [-0.25, -0.2) is 18.3 Å². The van der Waals surface area contributed by atoms with Gasteiger partial charge in [0.1, 0.15) is 23.2 Å². The van der Waals surface area contributed by atoms with Crippen molar-refractivity contribution in [1.29, 1.82) is 0 Å². The molecule has 35 heavy (non-hydrogen) atoms. The summed E-state index contributed by atoms with van der Waals surface area (Å²) in [5.41, 5.74) is 7.53. The molecule has 3 aromatic rings. The lowest BCUT2D eigenvalue weighted by molar-refractivity contribution is -0.127. The number of likely N-dealkylation sites (tertiary alicyclic amines) is 1. The molecule has 4 rings (SSSR count). The zero-order valence-electron chi connectivity index (χ0n) is 19.6. The molecule has 0 radical (unpaired) electrons. The van der Waals surface area contributed by atoms with E-state index in [9.17, 15) is 13.6 Å². The van der Waals surface area contributed by atoms with Crippen LogP contribution in [-0.2, 0) is 9.53 Å². The first kappa shape index (κ1) is 24.2. The Morgan fingerprint density at radius 3 is 2.77 bits per heavy atom. The van der Waals surface area contributed by atoms with Crippen LogP contribution in [0.1, 0.15) is 34.7 Å². The number of ether oxygens (including phenoxy) is 2. The number of benzene rings is 1. The maximum absolute atomic E-state index is 14.7. The van der Waals surface area contributed by atoms with E-state index in [2.05, 4.69) is 28.5 Å². The van der Waals surface area contributed by atoms with Crippen LogP contribution in [-0.4, -0.2) is 58.8 Å². The summed E-state index contributed by atoms with van der Waals surface area (Å²) in [5, 5.41) is 4.33. The van der Waals surface area contributed by atoms with Crippen molar-refractivity contribution >= 4 is 17.2 Å². The number of methoxy groups -OCH3 is 2. The molecule has 1 saturated heterocycles. The Morgan fingerprint density at radius 1 is 1.31 bits per heavy atom. The minimum Gasteiger partial charge on any atom is -0.494 e. The number of nitrogens with two attached hydrogens (primary N) is 1. The van der Waals surface area contributed by atoms with E-state index in [4.69, 9.17) is 15.2 Å². The molecule has 1 fully saturated rings. The number of fused-ring (bicyclic) bond motifs is 1. The van der Waals surface area contributed by atoms with Crippen LogP contribution in [0.3, 0.4) is 0 Å². The Balaban J connectivity index is 1.81. The Morgan fingerprint density at radius 2 is 2.09 bits per heavy atom. The summed E-state index contributed by atoms with van der Waals surface area (Å²) in [6.07, 6.45) is 3.22. The van der Waals surface area contributed by atoms with Crippen molar-refractivity contribution in [3.8, 4) is 17.6 Å². The summed E-state index contributed by atoms with van der Waals surface area (Å²) >= 11 is 0. The van der Waals surface area contributed by atoms with E-state index >= 15 is 0 Å². The van der Waals surface area contributed by atoms with E-state index in [1.54, 1.807) is 22.6 Å². The molecule has 2 aromatic heterocycles. The maximum Gasteiger partial charge on any atom is 0.246 e. The molecule has 1 unspecified atom stereocenters. The molecule has 0 aliphatic carbocycles. The van der Waals surface area contributed by atoms with Crippen molar-refractivity contribution in [1.82, 2.24) is 19.5 Å². The molecule has 1 amide bonds. The lowest BCUT2D eigenvalue weighted by Crippen LogP contribution is -2.37. The molecule has 0 saturated carbocycles. The van der Waals surface area contributed by atoms with E-state index in [0.29, 0.717) is 30.7 Å². The van der Waals surface area contributed by atoms with E-state index in [1.165, 1.54) is 32.5 Å². The minimum atomic E-state index is -0.882. The monoisotopic (exact) mass is 481 g/mol. The van der Waals surface area contributed by atoms with Gasteiger partial charge in [-0.3, -0.25) is 4.79 Å². The van der Waals surface area contributed by atoms with Crippen LogP contribution >= 0.6 is 0 Å². The molecule has 2 atom stereocenters. The van der Waals surface area contributed by atoms with Crippen molar-refractivity contribution in [3.05, 3.63) is 65.1 Å². The summed E-state index contributed by atoms with van der Waals surface area (Å²) in [5.74, 6) is 3.57. The van der Waals surface area contributed by atoms with Gasteiger partial charge in [0.05, 0.1) is 25.3 Å². The average Bonchev–Trinajstić information content (AvgIpc) is 3.43. The zero-order valence-corrected chi connectivity index (χ0v) is 19.6. The standard InChI is InChI=1S/C25H25F2N5O3/c1-5-21(33)31-11-16(9-17(31)12-34-3)19-10-15(24-25(28)29-13-30-32(19)24)6-7-18-22(26)14(2)8-20(35-4)23(18)27/h5,8,10,13,16-17H,1,9,11-12H2,2-4H3,(H2,28,29,30)/t16?,17-/m1/s1. The van der Waals surface area contributed by atoms with Gasteiger partial charge in [0, 0.05) is 25.3 Å². The number of hydrogen-bond donors (Lipinski definition) is 1. The molecule has 0 spiro atoms. The molecule has 1 aliphatic heterocycles.